The minimum atomic E-state index is 0.182. The van der Waals surface area contributed by atoms with Crippen molar-refractivity contribution in [3.8, 4) is 0 Å². The minimum absolute atomic E-state index is 0.182. The number of hydrogen-bond donors (Lipinski definition) is 0. The Morgan fingerprint density at radius 1 is 1.59 bits per heavy atom. The molecule has 1 saturated heterocycles. The molecule has 1 fully saturated rings. The Hall–Kier alpha value is -1.23. The van der Waals surface area contributed by atoms with Crippen LogP contribution in [0.15, 0.2) is 4.52 Å². The lowest BCUT2D eigenvalue weighted by molar-refractivity contribution is -0.122. The molecule has 1 aromatic rings. The Morgan fingerprint density at radius 3 is 3.06 bits per heavy atom. The molecule has 0 aromatic carbocycles. The number of aryl methyl sites for hydroxylation is 1. The molecule has 94 valence electrons. The van der Waals surface area contributed by atoms with Gasteiger partial charge in [-0.25, -0.2) is 0 Å². The highest BCUT2D eigenvalue weighted by Crippen LogP contribution is 2.18. The van der Waals surface area contributed by atoms with Gasteiger partial charge in [0.25, 0.3) is 0 Å². The molecule has 0 amide bonds. The third-order valence-electron chi connectivity index (χ3n) is 3.26. The van der Waals surface area contributed by atoms with E-state index in [1.807, 2.05) is 6.92 Å². The van der Waals surface area contributed by atoms with Gasteiger partial charge in [0.05, 0.1) is 6.54 Å². The maximum Gasteiger partial charge on any atom is 0.226 e. The SMILES string of the molecule is CCc1nc(CN2CCCC(C(C)=O)C2)no1. The molecule has 1 atom stereocenters. The number of rotatable bonds is 4. The monoisotopic (exact) mass is 237 g/mol. The summed E-state index contributed by atoms with van der Waals surface area (Å²) in [4.78, 5) is 17.9. The second-order valence-corrected chi connectivity index (χ2v) is 4.64. The number of Topliss-reactive ketones (excluding diaryl/α,β-unsaturated/α-hetero) is 1. The van der Waals surface area contributed by atoms with Gasteiger partial charge < -0.3 is 4.52 Å². The Balaban J connectivity index is 1.92. The lowest BCUT2D eigenvalue weighted by atomic mass is 9.95. The third kappa shape index (κ3) is 3.12. The van der Waals surface area contributed by atoms with Crippen LogP contribution >= 0.6 is 0 Å². The molecule has 2 heterocycles. The van der Waals surface area contributed by atoms with Crippen molar-refractivity contribution in [1.29, 1.82) is 0 Å². The topological polar surface area (TPSA) is 59.2 Å². The first-order valence-corrected chi connectivity index (χ1v) is 6.23. The maximum atomic E-state index is 11.4. The van der Waals surface area contributed by atoms with Crippen LogP contribution in [-0.4, -0.2) is 33.9 Å². The first-order chi connectivity index (χ1) is 8.19. The van der Waals surface area contributed by atoms with E-state index in [2.05, 4.69) is 15.0 Å². The summed E-state index contributed by atoms with van der Waals surface area (Å²) in [5.41, 5.74) is 0. The van der Waals surface area contributed by atoms with Crippen molar-refractivity contribution in [3.63, 3.8) is 0 Å². The molecule has 0 aliphatic carbocycles. The molecular formula is C12H19N3O2. The van der Waals surface area contributed by atoms with Gasteiger partial charge in [0.1, 0.15) is 5.78 Å². The van der Waals surface area contributed by atoms with E-state index in [-0.39, 0.29) is 11.7 Å². The third-order valence-corrected chi connectivity index (χ3v) is 3.26. The van der Waals surface area contributed by atoms with Crippen LogP contribution in [0.25, 0.3) is 0 Å². The maximum absolute atomic E-state index is 11.4. The average Bonchev–Trinajstić information content (AvgIpc) is 2.77. The van der Waals surface area contributed by atoms with Gasteiger partial charge in [-0.15, -0.1) is 0 Å². The van der Waals surface area contributed by atoms with E-state index in [4.69, 9.17) is 4.52 Å². The van der Waals surface area contributed by atoms with Crippen LogP contribution in [-0.2, 0) is 17.8 Å². The second kappa shape index (κ2) is 5.40. The van der Waals surface area contributed by atoms with Crippen LogP contribution in [0.4, 0.5) is 0 Å². The van der Waals surface area contributed by atoms with Gasteiger partial charge in [-0.2, -0.15) is 4.98 Å². The summed E-state index contributed by atoms with van der Waals surface area (Å²) < 4.78 is 5.07. The summed E-state index contributed by atoms with van der Waals surface area (Å²) in [7, 11) is 0. The number of nitrogens with zero attached hydrogens (tertiary/aromatic N) is 3. The summed E-state index contributed by atoms with van der Waals surface area (Å²) in [6.45, 7) is 6.19. The normalized spacial score (nSPS) is 21.6. The molecule has 1 aliphatic rings. The van der Waals surface area contributed by atoms with Gasteiger partial charge in [-0.3, -0.25) is 9.69 Å². The summed E-state index contributed by atoms with van der Waals surface area (Å²) in [5.74, 6) is 1.88. The summed E-state index contributed by atoms with van der Waals surface area (Å²) >= 11 is 0. The van der Waals surface area contributed by atoms with Crippen LogP contribution < -0.4 is 0 Å². The molecule has 0 N–H and O–H groups in total. The number of carbonyl (C=O) groups excluding carboxylic acids is 1. The predicted molar refractivity (Wildman–Crippen MR) is 62.4 cm³/mol. The first kappa shape index (κ1) is 12.2. The second-order valence-electron chi connectivity index (χ2n) is 4.64. The molecule has 0 spiro atoms. The molecule has 0 radical (unpaired) electrons. The van der Waals surface area contributed by atoms with Crippen molar-refractivity contribution >= 4 is 5.78 Å². The van der Waals surface area contributed by atoms with Gasteiger partial charge in [0.15, 0.2) is 5.82 Å². The lowest BCUT2D eigenvalue weighted by Crippen LogP contribution is -2.37. The molecule has 1 unspecified atom stereocenters. The van der Waals surface area contributed by atoms with Crippen LogP contribution in [0.5, 0.6) is 0 Å². The van der Waals surface area contributed by atoms with Crippen molar-refractivity contribution in [2.75, 3.05) is 13.1 Å². The van der Waals surface area contributed by atoms with Crippen LogP contribution in [0, 0.1) is 5.92 Å². The smallest absolute Gasteiger partial charge is 0.226 e. The molecule has 0 bridgehead atoms. The number of aromatic nitrogens is 2. The van der Waals surface area contributed by atoms with Gasteiger partial charge in [0.2, 0.25) is 5.89 Å². The van der Waals surface area contributed by atoms with E-state index in [9.17, 15) is 4.79 Å². The van der Waals surface area contributed by atoms with Crippen molar-refractivity contribution in [3.05, 3.63) is 11.7 Å². The minimum Gasteiger partial charge on any atom is -0.339 e. The molecule has 5 heteroatoms. The molecule has 5 nitrogen and oxygen atoms in total. The van der Waals surface area contributed by atoms with E-state index < -0.39 is 0 Å². The molecule has 1 aromatic heterocycles. The van der Waals surface area contributed by atoms with E-state index in [1.54, 1.807) is 6.92 Å². The van der Waals surface area contributed by atoms with Crippen molar-refractivity contribution in [2.45, 2.75) is 39.7 Å². The fraction of sp³-hybridized carbons (Fsp3) is 0.750. The van der Waals surface area contributed by atoms with Crippen molar-refractivity contribution in [1.82, 2.24) is 15.0 Å². The summed E-state index contributed by atoms with van der Waals surface area (Å²) in [6.07, 6.45) is 2.85. The Kier molecular flexibility index (Phi) is 3.89. The fourth-order valence-corrected chi connectivity index (χ4v) is 2.23. The van der Waals surface area contributed by atoms with Crippen molar-refractivity contribution < 1.29 is 9.32 Å². The number of hydrogen-bond acceptors (Lipinski definition) is 5. The van der Waals surface area contributed by atoms with Gasteiger partial charge in [0, 0.05) is 18.9 Å². The van der Waals surface area contributed by atoms with Gasteiger partial charge in [-0.1, -0.05) is 12.1 Å². The average molecular weight is 237 g/mol. The number of carbonyl (C=O) groups is 1. The van der Waals surface area contributed by atoms with Crippen molar-refractivity contribution in [2.24, 2.45) is 5.92 Å². The Morgan fingerprint density at radius 2 is 2.41 bits per heavy atom. The van der Waals surface area contributed by atoms with E-state index in [1.165, 1.54) is 0 Å². The van der Waals surface area contributed by atoms with Crippen LogP contribution in [0.1, 0.15) is 38.4 Å². The zero-order valence-electron chi connectivity index (χ0n) is 10.5. The van der Waals surface area contributed by atoms with Crippen LogP contribution in [0.2, 0.25) is 0 Å². The highest BCUT2D eigenvalue weighted by atomic mass is 16.5. The first-order valence-electron chi connectivity index (χ1n) is 6.23. The largest absolute Gasteiger partial charge is 0.339 e. The van der Waals surface area contributed by atoms with E-state index in [0.717, 1.165) is 38.2 Å². The standard InChI is InChI=1S/C12H19N3O2/c1-3-12-13-11(14-17-12)8-15-6-4-5-10(7-15)9(2)16/h10H,3-8H2,1-2H3. The quantitative estimate of drug-likeness (QED) is 0.793. The molecular weight excluding hydrogens is 218 g/mol. The zero-order chi connectivity index (χ0) is 12.3. The Labute approximate surface area is 101 Å². The van der Waals surface area contributed by atoms with E-state index >= 15 is 0 Å². The predicted octanol–water partition coefficient (Wildman–Crippen LogP) is 1.43. The summed E-state index contributed by atoms with van der Waals surface area (Å²) in [5, 5.41) is 3.94. The summed E-state index contributed by atoms with van der Waals surface area (Å²) in [6, 6.07) is 0. The lowest BCUT2D eigenvalue weighted by Gasteiger charge is -2.30. The molecule has 0 saturated carbocycles. The fourth-order valence-electron chi connectivity index (χ4n) is 2.23. The zero-order valence-corrected chi connectivity index (χ0v) is 10.5. The molecule has 2 rings (SSSR count). The molecule has 17 heavy (non-hydrogen) atoms. The van der Waals surface area contributed by atoms with E-state index in [0.29, 0.717) is 12.4 Å². The highest BCUT2D eigenvalue weighted by Gasteiger charge is 2.24. The van der Waals surface area contributed by atoms with Gasteiger partial charge in [-0.05, 0) is 26.3 Å². The molecule has 1 aliphatic heterocycles. The van der Waals surface area contributed by atoms with Gasteiger partial charge >= 0.3 is 0 Å². The number of likely N-dealkylation sites (tertiary alicyclic amines) is 1. The number of piperidine rings is 1. The number of ketones is 1. The Bertz CT molecular complexity index is 389. The van der Waals surface area contributed by atoms with Crippen LogP contribution in [0.3, 0.4) is 0 Å². The highest BCUT2D eigenvalue weighted by molar-refractivity contribution is 5.78.